The maximum absolute atomic E-state index is 13.0. The lowest BCUT2D eigenvalue weighted by atomic mass is 9.96. The van der Waals surface area contributed by atoms with Gasteiger partial charge in [-0.3, -0.25) is 4.79 Å². The summed E-state index contributed by atoms with van der Waals surface area (Å²) in [5, 5.41) is 5.93. The summed E-state index contributed by atoms with van der Waals surface area (Å²) in [6, 6.07) is 8.72. The van der Waals surface area contributed by atoms with Crippen molar-refractivity contribution in [3.63, 3.8) is 0 Å². The predicted molar refractivity (Wildman–Crippen MR) is 95.1 cm³/mol. The first kappa shape index (κ1) is 17.7. The maximum atomic E-state index is 13.0. The van der Waals surface area contributed by atoms with Crippen molar-refractivity contribution in [2.24, 2.45) is 0 Å². The highest BCUT2D eigenvalue weighted by Crippen LogP contribution is 2.19. The zero-order valence-electron chi connectivity index (χ0n) is 14.6. The lowest BCUT2D eigenvalue weighted by molar-refractivity contribution is -0.137. The number of benzene rings is 1. The third-order valence-corrected chi connectivity index (χ3v) is 4.92. The number of hydrogen-bond donors (Lipinski definition) is 2. The highest BCUT2D eigenvalue weighted by Gasteiger charge is 2.29. The normalized spacial score (nSPS) is 19.9. The molecule has 1 saturated heterocycles. The monoisotopic (exact) mass is 345 g/mol. The first-order valence-electron chi connectivity index (χ1n) is 9.22. The molecule has 1 heterocycles. The van der Waals surface area contributed by atoms with Crippen LogP contribution in [0.25, 0.3) is 0 Å². The van der Waals surface area contributed by atoms with Crippen LogP contribution in [0.1, 0.15) is 43.7 Å². The van der Waals surface area contributed by atoms with Crippen LogP contribution in [0.2, 0.25) is 0 Å². The van der Waals surface area contributed by atoms with E-state index in [9.17, 15) is 9.59 Å². The van der Waals surface area contributed by atoms with Crippen LogP contribution in [-0.4, -0.2) is 49.2 Å². The number of morpholine rings is 1. The van der Waals surface area contributed by atoms with Gasteiger partial charge in [0.25, 0.3) is 0 Å². The van der Waals surface area contributed by atoms with E-state index in [4.69, 9.17) is 4.74 Å². The third kappa shape index (κ3) is 4.95. The molecule has 3 amide bonds. The quantitative estimate of drug-likeness (QED) is 0.879. The van der Waals surface area contributed by atoms with Gasteiger partial charge in [0.1, 0.15) is 6.04 Å². The second-order valence-electron chi connectivity index (χ2n) is 6.73. The van der Waals surface area contributed by atoms with Crippen molar-refractivity contribution < 1.29 is 14.3 Å². The molecule has 1 aliphatic heterocycles. The van der Waals surface area contributed by atoms with E-state index in [2.05, 4.69) is 10.6 Å². The van der Waals surface area contributed by atoms with Gasteiger partial charge in [-0.1, -0.05) is 49.6 Å². The van der Waals surface area contributed by atoms with Gasteiger partial charge in [0.05, 0.1) is 13.2 Å². The number of nitrogens with zero attached hydrogens (tertiary/aromatic N) is 1. The van der Waals surface area contributed by atoms with Crippen molar-refractivity contribution >= 4 is 11.9 Å². The van der Waals surface area contributed by atoms with Crippen molar-refractivity contribution in [2.45, 2.75) is 44.2 Å². The Kier molecular flexibility index (Phi) is 6.28. The minimum Gasteiger partial charge on any atom is -0.378 e. The first-order chi connectivity index (χ1) is 12.2. The summed E-state index contributed by atoms with van der Waals surface area (Å²) >= 11 is 0. The number of nitrogens with one attached hydrogen (secondary N) is 2. The SMILES string of the molecule is O=C(NC1CCCCC1)N[C@H](C(=O)N1CCOCC1)c1ccccc1. The van der Waals surface area contributed by atoms with Crippen LogP contribution < -0.4 is 10.6 Å². The zero-order chi connectivity index (χ0) is 17.5. The van der Waals surface area contributed by atoms with E-state index in [0.717, 1.165) is 31.2 Å². The molecule has 0 spiro atoms. The summed E-state index contributed by atoms with van der Waals surface area (Å²) < 4.78 is 5.32. The molecule has 0 aromatic heterocycles. The fourth-order valence-corrected chi connectivity index (χ4v) is 3.50. The fraction of sp³-hybridized carbons (Fsp3) is 0.579. The number of hydrogen-bond acceptors (Lipinski definition) is 3. The Morgan fingerprint density at radius 1 is 1.04 bits per heavy atom. The van der Waals surface area contributed by atoms with Gasteiger partial charge in [-0.2, -0.15) is 0 Å². The lowest BCUT2D eigenvalue weighted by Crippen LogP contribution is -2.50. The van der Waals surface area contributed by atoms with E-state index in [-0.39, 0.29) is 18.0 Å². The summed E-state index contributed by atoms with van der Waals surface area (Å²) in [6.07, 6.45) is 5.57. The number of urea groups is 1. The Hall–Kier alpha value is -2.08. The van der Waals surface area contributed by atoms with Crippen molar-refractivity contribution in [1.82, 2.24) is 15.5 Å². The molecule has 2 aliphatic rings. The largest absolute Gasteiger partial charge is 0.378 e. The molecular weight excluding hydrogens is 318 g/mol. The topological polar surface area (TPSA) is 70.7 Å². The summed E-state index contributed by atoms with van der Waals surface area (Å²) in [5.74, 6) is -0.0757. The first-order valence-corrected chi connectivity index (χ1v) is 9.22. The Balaban J connectivity index is 1.67. The van der Waals surface area contributed by atoms with Crippen LogP contribution in [0.4, 0.5) is 4.79 Å². The summed E-state index contributed by atoms with van der Waals surface area (Å²) in [5.41, 5.74) is 0.804. The van der Waals surface area contributed by atoms with Crippen LogP contribution in [-0.2, 0) is 9.53 Å². The molecule has 2 N–H and O–H groups in total. The standard InChI is InChI=1S/C19H27N3O3/c23-18(22-11-13-25-14-12-22)17(15-7-3-1-4-8-15)21-19(24)20-16-9-5-2-6-10-16/h1,3-4,7-8,16-17H,2,5-6,9-14H2,(H2,20,21,24)/t17-/m0/s1. The zero-order valence-corrected chi connectivity index (χ0v) is 14.6. The molecule has 25 heavy (non-hydrogen) atoms. The number of amides is 3. The molecule has 1 aliphatic carbocycles. The molecule has 1 aromatic carbocycles. The van der Waals surface area contributed by atoms with Gasteiger partial charge in [0.15, 0.2) is 0 Å². The van der Waals surface area contributed by atoms with E-state index in [1.807, 2.05) is 30.3 Å². The molecule has 6 nitrogen and oxygen atoms in total. The summed E-state index contributed by atoms with van der Waals surface area (Å²) in [6.45, 7) is 2.21. The van der Waals surface area contributed by atoms with Gasteiger partial charge in [-0.15, -0.1) is 0 Å². The lowest BCUT2D eigenvalue weighted by Gasteiger charge is -2.31. The van der Waals surface area contributed by atoms with Gasteiger partial charge in [-0.25, -0.2) is 4.79 Å². The molecule has 1 aromatic rings. The van der Waals surface area contributed by atoms with Crippen LogP contribution in [0.15, 0.2) is 30.3 Å². The Labute approximate surface area is 148 Å². The van der Waals surface area contributed by atoms with Gasteiger partial charge in [0.2, 0.25) is 5.91 Å². The van der Waals surface area contributed by atoms with Crippen LogP contribution >= 0.6 is 0 Å². The minimum atomic E-state index is -0.664. The number of ether oxygens (including phenoxy) is 1. The van der Waals surface area contributed by atoms with Crippen molar-refractivity contribution in [3.05, 3.63) is 35.9 Å². The summed E-state index contributed by atoms with van der Waals surface area (Å²) in [4.78, 5) is 27.2. The Bertz CT molecular complexity index is 567. The predicted octanol–water partition coefficient (Wildman–Crippen LogP) is 2.22. The van der Waals surface area contributed by atoms with Gasteiger partial charge in [-0.05, 0) is 18.4 Å². The number of carbonyl (C=O) groups excluding carboxylic acids is 2. The Morgan fingerprint density at radius 2 is 1.72 bits per heavy atom. The smallest absolute Gasteiger partial charge is 0.315 e. The number of rotatable bonds is 4. The molecule has 3 rings (SSSR count). The molecule has 6 heteroatoms. The molecule has 2 fully saturated rings. The van der Waals surface area contributed by atoms with Crippen molar-refractivity contribution in [1.29, 1.82) is 0 Å². The average Bonchev–Trinajstić information content (AvgIpc) is 2.68. The van der Waals surface area contributed by atoms with Gasteiger partial charge in [0, 0.05) is 19.1 Å². The van der Waals surface area contributed by atoms with Crippen LogP contribution in [0, 0.1) is 0 Å². The van der Waals surface area contributed by atoms with Crippen molar-refractivity contribution in [3.8, 4) is 0 Å². The minimum absolute atomic E-state index is 0.0757. The van der Waals surface area contributed by atoms with E-state index in [1.54, 1.807) is 4.90 Å². The fourth-order valence-electron chi connectivity index (χ4n) is 3.50. The average molecular weight is 345 g/mol. The van der Waals surface area contributed by atoms with E-state index < -0.39 is 6.04 Å². The second kappa shape index (κ2) is 8.85. The highest BCUT2D eigenvalue weighted by atomic mass is 16.5. The third-order valence-electron chi connectivity index (χ3n) is 4.92. The molecule has 0 unspecified atom stereocenters. The molecular formula is C19H27N3O3. The van der Waals surface area contributed by atoms with Gasteiger partial charge < -0.3 is 20.3 Å². The number of carbonyl (C=O) groups is 2. The van der Waals surface area contributed by atoms with E-state index >= 15 is 0 Å². The molecule has 1 saturated carbocycles. The van der Waals surface area contributed by atoms with E-state index in [0.29, 0.717) is 26.3 Å². The molecule has 0 bridgehead atoms. The van der Waals surface area contributed by atoms with Crippen molar-refractivity contribution in [2.75, 3.05) is 26.3 Å². The molecule has 1 atom stereocenters. The maximum Gasteiger partial charge on any atom is 0.315 e. The highest BCUT2D eigenvalue weighted by molar-refractivity contribution is 5.88. The van der Waals surface area contributed by atoms with Gasteiger partial charge >= 0.3 is 6.03 Å². The molecule has 136 valence electrons. The summed E-state index contributed by atoms with van der Waals surface area (Å²) in [7, 11) is 0. The molecule has 0 radical (unpaired) electrons. The van der Waals surface area contributed by atoms with Crippen LogP contribution in [0.5, 0.6) is 0 Å². The Morgan fingerprint density at radius 3 is 2.40 bits per heavy atom. The second-order valence-corrected chi connectivity index (χ2v) is 6.73. The van der Waals surface area contributed by atoms with Crippen LogP contribution in [0.3, 0.4) is 0 Å². The van der Waals surface area contributed by atoms with E-state index in [1.165, 1.54) is 6.42 Å².